The average molecular weight is 417 g/mol. The van der Waals surface area contributed by atoms with Crippen LogP contribution in [0.25, 0.3) is 17.1 Å². The lowest BCUT2D eigenvalue weighted by atomic mass is 10.1. The molecule has 6 heteroatoms. The molecule has 150 valence electrons. The zero-order valence-corrected chi connectivity index (χ0v) is 17.7. The molecular weight excluding hydrogens is 396 g/mol. The third kappa shape index (κ3) is 3.98. The highest BCUT2D eigenvalue weighted by molar-refractivity contribution is 6.31. The smallest absolute Gasteiger partial charge is 0.295 e. The molecule has 4 rings (SSSR count). The number of rotatable bonds is 4. The Morgan fingerprint density at radius 3 is 2.40 bits per heavy atom. The molecule has 3 aromatic carbocycles. The quantitative estimate of drug-likeness (QED) is 0.459. The van der Waals surface area contributed by atoms with E-state index in [1.54, 1.807) is 4.68 Å². The monoisotopic (exact) mass is 416 g/mol. The van der Waals surface area contributed by atoms with Gasteiger partial charge in [-0.15, -0.1) is 5.10 Å². The van der Waals surface area contributed by atoms with Gasteiger partial charge in [-0.25, -0.2) is 9.67 Å². The van der Waals surface area contributed by atoms with Crippen molar-refractivity contribution >= 4 is 23.2 Å². The SMILES string of the molecule is Cc1ccc(-c2nc(C(=O)Nc3cccc(C)c3)nn2-c2cccc(Cl)c2C)cc1. The van der Waals surface area contributed by atoms with E-state index in [2.05, 4.69) is 15.4 Å². The number of hydrogen-bond donors (Lipinski definition) is 1. The highest BCUT2D eigenvalue weighted by Crippen LogP contribution is 2.27. The van der Waals surface area contributed by atoms with Crippen LogP contribution < -0.4 is 5.32 Å². The van der Waals surface area contributed by atoms with Crippen LogP contribution in [0.2, 0.25) is 5.02 Å². The van der Waals surface area contributed by atoms with Gasteiger partial charge in [0.25, 0.3) is 5.91 Å². The number of nitrogens with one attached hydrogen (secondary N) is 1. The Labute approximate surface area is 180 Å². The van der Waals surface area contributed by atoms with Crippen molar-refractivity contribution in [3.8, 4) is 17.1 Å². The zero-order chi connectivity index (χ0) is 21.3. The lowest BCUT2D eigenvalue weighted by Gasteiger charge is -2.10. The lowest BCUT2D eigenvalue weighted by molar-refractivity contribution is 0.101. The van der Waals surface area contributed by atoms with Crippen LogP contribution in [0, 0.1) is 20.8 Å². The van der Waals surface area contributed by atoms with E-state index in [4.69, 9.17) is 11.6 Å². The first-order chi connectivity index (χ1) is 14.4. The van der Waals surface area contributed by atoms with Gasteiger partial charge in [-0.05, 0) is 56.2 Å². The zero-order valence-electron chi connectivity index (χ0n) is 17.0. The average Bonchev–Trinajstić information content (AvgIpc) is 3.16. The van der Waals surface area contributed by atoms with E-state index in [1.165, 1.54) is 0 Å². The van der Waals surface area contributed by atoms with Crippen LogP contribution in [0.4, 0.5) is 5.69 Å². The summed E-state index contributed by atoms with van der Waals surface area (Å²) in [6.45, 7) is 5.92. The lowest BCUT2D eigenvalue weighted by Crippen LogP contribution is -2.14. The molecule has 1 amide bonds. The minimum absolute atomic E-state index is 0.0893. The van der Waals surface area contributed by atoms with Crippen LogP contribution in [0.3, 0.4) is 0 Å². The Bertz CT molecular complexity index is 1230. The maximum atomic E-state index is 12.9. The van der Waals surface area contributed by atoms with Crippen LogP contribution in [0.15, 0.2) is 66.7 Å². The van der Waals surface area contributed by atoms with Crippen molar-refractivity contribution in [3.63, 3.8) is 0 Å². The highest BCUT2D eigenvalue weighted by Gasteiger charge is 2.20. The first-order valence-electron chi connectivity index (χ1n) is 9.60. The molecule has 0 atom stereocenters. The number of aromatic nitrogens is 3. The molecule has 0 aliphatic heterocycles. The minimum Gasteiger partial charge on any atom is -0.319 e. The summed E-state index contributed by atoms with van der Waals surface area (Å²) in [6.07, 6.45) is 0. The summed E-state index contributed by atoms with van der Waals surface area (Å²) in [6, 6.07) is 21.2. The Balaban J connectivity index is 1.80. The van der Waals surface area contributed by atoms with Gasteiger partial charge in [0.15, 0.2) is 5.82 Å². The van der Waals surface area contributed by atoms with Crippen LogP contribution in [0.5, 0.6) is 0 Å². The van der Waals surface area contributed by atoms with Gasteiger partial charge >= 0.3 is 0 Å². The molecule has 4 aromatic rings. The fourth-order valence-electron chi connectivity index (χ4n) is 3.20. The van der Waals surface area contributed by atoms with Crippen molar-refractivity contribution in [2.24, 2.45) is 0 Å². The maximum absolute atomic E-state index is 12.9. The van der Waals surface area contributed by atoms with Crippen LogP contribution >= 0.6 is 11.6 Å². The second-order valence-corrected chi connectivity index (χ2v) is 7.65. The number of nitrogens with zero attached hydrogens (tertiary/aromatic N) is 3. The summed E-state index contributed by atoms with van der Waals surface area (Å²) in [5.41, 5.74) is 5.40. The van der Waals surface area contributed by atoms with E-state index in [1.807, 2.05) is 87.5 Å². The van der Waals surface area contributed by atoms with Crippen LogP contribution in [-0.2, 0) is 0 Å². The van der Waals surface area contributed by atoms with Crippen molar-refractivity contribution in [1.29, 1.82) is 0 Å². The number of benzene rings is 3. The van der Waals surface area contributed by atoms with Gasteiger partial charge in [-0.1, -0.05) is 59.6 Å². The predicted octanol–water partition coefficient (Wildman–Crippen LogP) is 5.77. The fourth-order valence-corrected chi connectivity index (χ4v) is 3.37. The summed E-state index contributed by atoms with van der Waals surface area (Å²) in [4.78, 5) is 17.5. The Morgan fingerprint density at radius 1 is 0.933 bits per heavy atom. The Hall–Kier alpha value is -3.44. The van der Waals surface area contributed by atoms with E-state index in [0.717, 1.165) is 27.9 Å². The van der Waals surface area contributed by atoms with E-state index in [9.17, 15) is 4.79 Å². The molecule has 0 aliphatic carbocycles. The number of carbonyl (C=O) groups is 1. The van der Waals surface area contributed by atoms with Gasteiger partial charge in [-0.2, -0.15) is 0 Å². The summed E-state index contributed by atoms with van der Waals surface area (Å²) in [5.74, 6) is 0.300. The Kier molecular flexibility index (Phi) is 5.38. The van der Waals surface area contributed by atoms with Crippen molar-refractivity contribution in [2.45, 2.75) is 20.8 Å². The van der Waals surface area contributed by atoms with Crippen LogP contribution in [0.1, 0.15) is 27.3 Å². The molecule has 0 saturated carbocycles. The largest absolute Gasteiger partial charge is 0.319 e. The second-order valence-electron chi connectivity index (χ2n) is 7.24. The van der Waals surface area contributed by atoms with Gasteiger partial charge in [0.05, 0.1) is 5.69 Å². The molecule has 0 fully saturated rings. The van der Waals surface area contributed by atoms with Gasteiger partial charge in [0.1, 0.15) is 0 Å². The molecule has 1 heterocycles. The number of anilines is 1. The van der Waals surface area contributed by atoms with Gasteiger partial charge < -0.3 is 5.32 Å². The molecular formula is C24H21ClN4O. The summed E-state index contributed by atoms with van der Waals surface area (Å²) < 4.78 is 1.68. The predicted molar refractivity (Wildman–Crippen MR) is 120 cm³/mol. The third-order valence-corrected chi connectivity index (χ3v) is 5.27. The number of aryl methyl sites for hydroxylation is 2. The fraction of sp³-hybridized carbons (Fsp3) is 0.125. The van der Waals surface area contributed by atoms with Gasteiger partial charge in [0, 0.05) is 16.3 Å². The molecule has 1 aromatic heterocycles. The summed E-state index contributed by atoms with van der Waals surface area (Å²) in [7, 11) is 0. The minimum atomic E-state index is -0.368. The molecule has 0 unspecified atom stereocenters. The maximum Gasteiger partial charge on any atom is 0.295 e. The first kappa shape index (κ1) is 19.9. The van der Waals surface area contributed by atoms with Crippen molar-refractivity contribution in [3.05, 3.63) is 94.3 Å². The van der Waals surface area contributed by atoms with Gasteiger partial charge in [-0.3, -0.25) is 4.79 Å². The van der Waals surface area contributed by atoms with Crippen LogP contribution in [-0.4, -0.2) is 20.7 Å². The van der Waals surface area contributed by atoms with Crippen molar-refractivity contribution < 1.29 is 4.79 Å². The number of halogens is 1. The molecule has 0 bridgehead atoms. The van der Waals surface area contributed by atoms with Crippen molar-refractivity contribution in [1.82, 2.24) is 14.8 Å². The normalized spacial score (nSPS) is 10.8. The van der Waals surface area contributed by atoms with E-state index in [-0.39, 0.29) is 11.7 Å². The second kappa shape index (κ2) is 8.13. The summed E-state index contributed by atoms with van der Waals surface area (Å²) in [5, 5.41) is 8.04. The number of carbonyl (C=O) groups excluding carboxylic acids is 1. The molecule has 0 radical (unpaired) electrons. The molecule has 0 spiro atoms. The molecule has 0 saturated heterocycles. The standard InChI is InChI=1S/C24H21ClN4O/c1-15-10-12-18(13-11-15)23-27-22(24(30)26-19-7-4-6-16(2)14-19)28-29(23)21-9-5-8-20(25)17(21)3/h4-14H,1-3H3,(H,26,30). The highest BCUT2D eigenvalue weighted by atomic mass is 35.5. The Morgan fingerprint density at radius 2 is 1.67 bits per heavy atom. The molecule has 0 aliphatic rings. The number of amides is 1. The van der Waals surface area contributed by atoms with E-state index >= 15 is 0 Å². The van der Waals surface area contributed by atoms with E-state index in [0.29, 0.717) is 16.5 Å². The molecule has 5 nitrogen and oxygen atoms in total. The topological polar surface area (TPSA) is 59.8 Å². The third-order valence-electron chi connectivity index (χ3n) is 4.86. The first-order valence-corrected chi connectivity index (χ1v) is 9.98. The molecule has 1 N–H and O–H groups in total. The van der Waals surface area contributed by atoms with Crippen molar-refractivity contribution in [2.75, 3.05) is 5.32 Å². The molecule has 30 heavy (non-hydrogen) atoms. The number of hydrogen-bond acceptors (Lipinski definition) is 3. The van der Waals surface area contributed by atoms with E-state index < -0.39 is 0 Å². The summed E-state index contributed by atoms with van der Waals surface area (Å²) >= 11 is 6.33. The van der Waals surface area contributed by atoms with Gasteiger partial charge in [0.2, 0.25) is 5.82 Å².